The highest BCUT2D eigenvalue weighted by atomic mass is 28.5. The van der Waals surface area contributed by atoms with Gasteiger partial charge in [-0.1, -0.05) is 292 Å². The molecule has 104 heavy (non-hydrogen) atoms. The lowest BCUT2D eigenvalue weighted by atomic mass is 10.1. The van der Waals surface area contributed by atoms with E-state index in [1.807, 2.05) is 106 Å². The Morgan fingerprint density at radius 1 is 0.279 bits per heavy atom. The Balaban J connectivity index is 1.05. The van der Waals surface area contributed by atoms with E-state index in [9.17, 15) is 8.23 Å². The minimum atomic E-state index is -5.79. The molecule has 8 aliphatic heterocycles. The Kier molecular flexibility index (Phi) is 14.8. The molecule has 0 saturated heterocycles. The summed E-state index contributed by atoms with van der Waals surface area (Å²) in [6, 6.07) is 67.9. The molecule has 0 aliphatic carbocycles. The van der Waals surface area contributed by atoms with Gasteiger partial charge in [0.25, 0.3) is 0 Å². The second kappa shape index (κ2) is 24.6. The van der Waals surface area contributed by atoms with Crippen LogP contribution in [-0.4, -0.2) is 94.5 Å². The van der Waals surface area contributed by atoms with Crippen LogP contribution >= 0.6 is 0 Å². The van der Waals surface area contributed by atoms with Crippen molar-refractivity contribution in [2.24, 2.45) is 59.9 Å². The molecule has 0 amide bonds. The number of fused-ring (bicyclic) bond motifs is 28. The molecule has 0 saturated carbocycles. The highest BCUT2D eigenvalue weighted by molar-refractivity contribution is 6.87. The number of aliphatic imine (C=N–C) groups is 8. The van der Waals surface area contributed by atoms with Gasteiger partial charge in [-0.2, -0.15) is 0 Å². The molecule has 12 bridgehead atoms. The number of hydrogen-bond donors (Lipinski definition) is 1. The average Bonchev–Trinajstić information content (AvgIpc) is 1.50. The van der Waals surface area contributed by atoms with Crippen molar-refractivity contribution in [3.8, 4) is 0 Å². The van der Waals surface area contributed by atoms with Gasteiger partial charge in [0.1, 0.15) is 45.2 Å². The Morgan fingerprint density at radius 2 is 0.529 bits per heavy atom. The number of amidine groups is 8. The molecule has 1 N–H and O–H groups in total. The first-order valence-electron chi connectivity index (χ1n) is 36.9. The molecule has 0 fully saturated rings. The SMILES string of the molecule is CCCCCC[Si](CCCCCC)(CCCCCC)O[Si]1(O[Si]2(O)n3c4c5ccccc5c3N=C3N=C(N=c5c6ccccc6c(n52)=NC2=NC(=N4)c4ccccc42)c2ccccc23)n2c3c4ccccc4c2N=C2N=C(N=c4c5ccccc5c(n41)=NC1=NC(=N3)c3ccccc31)c1ccccc12. The van der Waals surface area contributed by atoms with E-state index >= 15 is 4.80 Å². The number of unbranched alkanes of at least 4 members (excludes halogenated alkanes) is 9. The lowest BCUT2D eigenvalue weighted by Crippen LogP contribution is -2.76. The van der Waals surface area contributed by atoms with Crippen LogP contribution in [0.15, 0.2) is 254 Å². The third kappa shape index (κ3) is 9.54. The maximum Gasteiger partial charge on any atom is 0.594 e. The minimum Gasteiger partial charge on any atom is -0.403 e. The van der Waals surface area contributed by atoms with Crippen molar-refractivity contribution >= 4 is 139 Å². The van der Waals surface area contributed by atoms with E-state index < -0.39 is 26.1 Å². The normalized spacial score (nSPS) is 18.2. The van der Waals surface area contributed by atoms with Gasteiger partial charge in [0.15, 0.2) is 55.0 Å². The van der Waals surface area contributed by atoms with E-state index in [0.717, 1.165) is 161 Å². The van der Waals surface area contributed by atoms with Gasteiger partial charge in [-0.15, -0.1) is 0 Å². The van der Waals surface area contributed by atoms with Crippen LogP contribution in [-0.2, 0) is 8.23 Å². The first-order chi connectivity index (χ1) is 51.2. The predicted octanol–water partition coefficient (Wildman–Crippen LogP) is 15.5. The third-order valence-electron chi connectivity index (χ3n) is 21.7. The van der Waals surface area contributed by atoms with Gasteiger partial charge in [0.05, 0.1) is 0 Å². The molecule has 8 aliphatic rings. The van der Waals surface area contributed by atoms with E-state index in [0.29, 0.717) is 113 Å². The fraction of sp³-hybridized carbons (Fsp3) is 0.220. The van der Waals surface area contributed by atoms with Gasteiger partial charge in [-0.05, 0) is 18.1 Å². The summed E-state index contributed by atoms with van der Waals surface area (Å²) in [6.45, 7) is 6.84. The fourth-order valence-electron chi connectivity index (χ4n) is 16.8. The third-order valence-corrected chi connectivity index (χ3v) is 34.5. The van der Waals surface area contributed by atoms with E-state index in [-0.39, 0.29) is 0 Å². The topological polar surface area (TPSA) is 207 Å². The number of rotatable bonds is 19. The summed E-state index contributed by atoms with van der Waals surface area (Å²) in [5, 5.41) is 5.77. The zero-order valence-electron chi connectivity index (χ0n) is 58.0. The zero-order chi connectivity index (χ0) is 69.4. The molecule has 2 unspecified atom stereocenters. The van der Waals surface area contributed by atoms with Crippen LogP contribution in [0.1, 0.15) is 142 Å². The summed E-state index contributed by atoms with van der Waals surface area (Å²) in [6.07, 6.45) is 12.1. The monoisotopic (exact) mass is 1410 g/mol. The van der Waals surface area contributed by atoms with Crippen molar-refractivity contribution in [2.75, 3.05) is 0 Å². The predicted molar refractivity (Wildman–Crippen MR) is 419 cm³/mol. The largest absolute Gasteiger partial charge is 0.594 e. The van der Waals surface area contributed by atoms with E-state index in [1.54, 1.807) is 0 Å². The smallest absolute Gasteiger partial charge is 0.403 e. The van der Waals surface area contributed by atoms with Gasteiger partial charge in [0.2, 0.25) is 0 Å². The van der Waals surface area contributed by atoms with Crippen LogP contribution in [0.5, 0.6) is 0 Å². The van der Waals surface area contributed by atoms with Crippen molar-refractivity contribution in [3.05, 3.63) is 261 Å². The van der Waals surface area contributed by atoms with Crippen molar-refractivity contribution in [1.82, 2.24) is 16.9 Å². The van der Waals surface area contributed by atoms with Gasteiger partial charge in [-0.25, -0.2) is 59.9 Å². The number of nitrogens with zero attached hydrogens (tertiary/aromatic N) is 16. The summed E-state index contributed by atoms with van der Waals surface area (Å²) in [4.78, 5) is 86.6. The highest BCUT2D eigenvalue weighted by Gasteiger charge is 2.65. The molecule has 2 atom stereocenters. The van der Waals surface area contributed by atoms with E-state index in [4.69, 9.17) is 59.9 Å². The molecule has 19 nitrogen and oxygen atoms in total. The Labute approximate surface area is 602 Å². The molecule has 0 radical (unpaired) electrons. The maximum atomic E-state index is 17.2. The van der Waals surface area contributed by atoms with Crippen LogP contribution < -0.4 is 22.0 Å². The second-order valence-corrected chi connectivity index (χ2v) is 37.7. The van der Waals surface area contributed by atoms with Crippen molar-refractivity contribution in [1.29, 1.82) is 0 Å². The highest BCUT2D eigenvalue weighted by Crippen LogP contribution is 2.49. The molecule has 510 valence electrons. The summed E-state index contributed by atoms with van der Waals surface area (Å²) in [5.41, 5.74) is 7.98. The van der Waals surface area contributed by atoms with Gasteiger partial charge < -0.3 is 13.0 Å². The lowest BCUT2D eigenvalue weighted by Gasteiger charge is -2.45. The quantitative estimate of drug-likeness (QED) is 0.0620. The molecular weight excluding hydrogens is 1340 g/mol. The summed E-state index contributed by atoms with van der Waals surface area (Å²) < 4.78 is 27.4. The van der Waals surface area contributed by atoms with Crippen LogP contribution in [0.4, 0.5) is 23.3 Å². The van der Waals surface area contributed by atoms with Crippen LogP contribution in [0, 0.1) is 0 Å². The molecular formula is C82H72N16O3Si3. The van der Waals surface area contributed by atoms with Gasteiger partial charge in [-0.3, -0.25) is 16.9 Å². The molecule has 20 rings (SSSR count). The summed E-state index contributed by atoms with van der Waals surface area (Å²) in [7, 11) is -14.8. The van der Waals surface area contributed by atoms with E-state index in [1.165, 1.54) is 0 Å². The summed E-state index contributed by atoms with van der Waals surface area (Å²) >= 11 is 0. The van der Waals surface area contributed by atoms with Crippen molar-refractivity contribution < 1.29 is 13.0 Å². The van der Waals surface area contributed by atoms with Crippen molar-refractivity contribution in [2.45, 2.75) is 116 Å². The van der Waals surface area contributed by atoms with Crippen LogP contribution in [0.25, 0.3) is 43.1 Å². The minimum absolute atomic E-state index is 0.348. The van der Waals surface area contributed by atoms with Crippen LogP contribution in [0.2, 0.25) is 18.1 Å². The first-order valence-corrected chi connectivity index (χ1v) is 42.9. The second-order valence-electron chi connectivity index (χ2n) is 28.2. The fourth-order valence-corrected chi connectivity index (χ4v) is 31.8. The Bertz CT molecular complexity index is 5920. The number of benzene rings is 8. The standard InChI is InChI=1S/C82H72N16O3Si3/c1-4-7-10-29-48-102(49-30-11-8-5-2,50-31-12-9-6-3)100-104(97-79-63-44-25-26-45-64(63)81(97)93-73-57-38-19-20-39-58(57)74(86-73)94-82-66-47-28-27-46-65(66)80(98(82)104)92-72-56-37-18-17-36-55(56)71(85-72)91-79)101-103(99)95-75-59-40-21-22-41-60(59)77(95)89-69-53-34-15-16-35-54(53)70(84-69)90-78-62-43-24-23-42-61(62)76(96(78)103)88-68-52-33-14-13-32-51(52)67(83-68)87-75/h13-28,32-47,99H,4-12,29-31,48-50H2,1-3H3. The first kappa shape index (κ1) is 62.8. The lowest BCUT2D eigenvalue weighted by molar-refractivity contribution is 0.254. The van der Waals surface area contributed by atoms with Gasteiger partial charge in [0, 0.05) is 87.6 Å². The van der Waals surface area contributed by atoms with Crippen LogP contribution in [0.3, 0.4) is 0 Å². The summed E-state index contributed by atoms with van der Waals surface area (Å²) in [5.74, 6) is 5.09. The molecule has 0 spiro atoms. The molecule has 12 heterocycles. The van der Waals surface area contributed by atoms with Crippen molar-refractivity contribution in [3.63, 3.8) is 0 Å². The molecule has 4 aromatic heterocycles. The zero-order valence-corrected chi connectivity index (χ0v) is 61.0. The van der Waals surface area contributed by atoms with Gasteiger partial charge >= 0.3 is 17.8 Å². The number of hydrogen-bond acceptors (Lipinski definition) is 15. The molecule has 22 heteroatoms. The maximum absolute atomic E-state index is 17.2. The molecule has 8 aromatic carbocycles. The average molecular weight is 1410 g/mol. The Morgan fingerprint density at radius 3 is 0.817 bits per heavy atom. The van der Waals surface area contributed by atoms with E-state index in [2.05, 4.69) is 126 Å². The number of aromatic nitrogens is 4. The Hall–Kier alpha value is -11.0. The molecule has 12 aromatic rings.